The average molecular weight is 310 g/mol. The fourth-order valence-corrected chi connectivity index (χ4v) is 3.88. The van der Waals surface area contributed by atoms with Gasteiger partial charge in [0.2, 0.25) is 5.91 Å². The summed E-state index contributed by atoms with van der Waals surface area (Å²) in [7, 11) is 0. The Hall–Kier alpha value is -1.17. The SMILES string of the molecule is CC1(C)C2OCCCC2C1(N)C(=O)Nc1cnccc1Cl. The topological polar surface area (TPSA) is 77.2 Å². The van der Waals surface area contributed by atoms with Gasteiger partial charge in [-0.15, -0.1) is 0 Å². The van der Waals surface area contributed by atoms with Crippen LogP contribution in [0.4, 0.5) is 5.69 Å². The van der Waals surface area contributed by atoms with Crippen LogP contribution in [-0.4, -0.2) is 29.1 Å². The van der Waals surface area contributed by atoms with Gasteiger partial charge in [0.1, 0.15) is 5.54 Å². The summed E-state index contributed by atoms with van der Waals surface area (Å²) in [6, 6.07) is 1.64. The molecular formula is C15H20ClN3O2. The maximum atomic E-state index is 12.8. The van der Waals surface area contributed by atoms with Crippen LogP contribution >= 0.6 is 11.6 Å². The number of halogens is 1. The number of amides is 1. The zero-order valence-electron chi connectivity index (χ0n) is 12.2. The number of fused-ring (bicyclic) bond motifs is 1. The zero-order chi connectivity index (χ0) is 15.3. The molecule has 2 heterocycles. The highest BCUT2D eigenvalue weighted by atomic mass is 35.5. The molecular weight excluding hydrogens is 290 g/mol. The Kier molecular flexibility index (Phi) is 3.47. The quantitative estimate of drug-likeness (QED) is 0.878. The van der Waals surface area contributed by atoms with Crippen LogP contribution in [0.25, 0.3) is 0 Å². The molecule has 2 fully saturated rings. The van der Waals surface area contributed by atoms with E-state index in [2.05, 4.69) is 10.3 Å². The van der Waals surface area contributed by atoms with Gasteiger partial charge >= 0.3 is 0 Å². The van der Waals surface area contributed by atoms with Crippen molar-refractivity contribution < 1.29 is 9.53 Å². The van der Waals surface area contributed by atoms with Gasteiger partial charge in [0.25, 0.3) is 0 Å². The summed E-state index contributed by atoms with van der Waals surface area (Å²) in [6.07, 6.45) is 5.01. The Labute approximate surface area is 129 Å². The van der Waals surface area contributed by atoms with Gasteiger partial charge in [-0.1, -0.05) is 25.4 Å². The number of nitrogens with two attached hydrogens (primary N) is 1. The van der Waals surface area contributed by atoms with Crippen LogP contribution < -0.4 is 11.1 Å². The molecule has 0 spiro atoms. The molecule has 6 heteroatoms. The van der Waals surface area contributed by atoms with Gasteiger partial charge in [-0.3, -0.25) is 9.78 Å². The van der Waals surface area contributed by atoms with E-state index < -0.39 is 11.0 Å². The third-order valence-corrected chi connectivity index (χ3v) is 5.41. The predicted octanol–water partition coefficient (Wildman–Crippen LogP) is 2.21. The largest absolute Gasteiger partial charge is 0.377 e. The van der Waals surface area contributed by atoms with E-state index >= 15 is 0 Å². The van der Waals surface area contributed by atoms with Crippen molar-refractivity contribution in [2.75, 3.05) is 11.9 Å². The number of carbonyl (C=O) groups excluding carboxylic acids is 1. The number of nitrogens with zero attached hydrogens (tertiary/aromatic N) is 1. The van der Waals surface area contributed by atoms with Crippen molar-refractivity contribution in [1.82, 2.24) is 4.98 Å². The standard InChI is InChI=1S/C15H20ClN3O2/c1-14(2)12-9(4-3-7-21-12)15(14,17)13(20)19-11-8-18-6-5-10(11)16/h5-6,8-9,12H,3-4,7,17H2,1-2H3,(H,19,20). The summed E-state index contributed by atoms with van der Waals surface area (Å²) in [5.74, 6) is -0.161. The highest BCUT2D eigenvalue weighted by molar-refractivity contribution is 6.33. The molecule has 3 atom stereocenters. The van der Waals surface area contributed by atoms with E-state index in [1.165, 1.54) is 6.20 Å². The molecule has 1 amide bonds. The zero-order valence-corrected chi connectivity index (χ0v) is 13.0. The van der Waals surface area contributed by atoms with Crippen LogP contribution in [0.2, 0.25) is 5.02 Å². The second-order valence-electron chi connectivity index (χ2n) is 6.44. The summed E-state index contributed by atoms with van der Waals surface area (Å²) in [5.41, 5.74) is 5.66. The minimum Gasteiger partial charge on any atom is -0.377 e. The lowest BCUT2D eigenvalue weighted by atomic mass is 9.46. The van der Waals surface area contributed by atoms with Gasteiger partial charge < -0.3 is 15.8 Å². The maximum absolute atomic E-state index is 12.8. The molecule has 114 valence electrons. The minimum atomic E-state index is -0.947. The molecule has 0 aromatic carbocycles. The van der Waals surface area contributed by atoms with Crippen molar-refractivity contribution >= 4 is 23.2 Å². The van der Waals surface area contributed by atoms with Crippen LogP contribution in [0.5, 0.6) is 0 Å². The van der Waals surface area contributed by atoms with Crippen molar-refractivity contribution in [1.29, 1.82) is 0 Å². The molecule has 0 bridgehead atoms. The Balaban J connectivity index is 1.85. The van der Waals surface area contributed by atoms with Crippen molar-refractivity contribution in [2.45, 2.75) is 38.3 Å². The Morgan fingerprint density at radius 1 is 1.57 bits per heavy atom. The van der Waals surface area contributed by atoms with E-state index in [-0.39, 0.29) is 17.9 Å². The van der Waals surface area contributed by atoms with E-state index in [1.54, 1.807) is 12.3 Å². The smallest absolute Gasteiger partial charge is 0.245 e. The molecule has 1 aliphatic carbocycles. The number of nitrogens with one attached hydrogen (secondary N) is 1. The Morgan fingerprint density at radius 2 is 2.33 bits per heavy atom. The third kappa shape index (κ3) is 1.99. The van der Waals surface area contributed by atoms with Crippen molar-refractivity contribution in [3.05, 3.63) is 23.5 Å². The lowest BCUT2D eigenvalue weighted by Crippen LogP contribution is -2.81. The third-order valence-electron chi connectivity index (χ3n) is 5.08. The molecule has 21 heavy (non-hydrogen) atoms. The fourth-order valence-electron chi connectivity index (χ4n) is 3.73. The summed E-state index contributed by atoms with van der Waals surface area (Å²) < 4.78 is 5.81. The molecule has 1 aliphatic heterocycles. The number of carbonyl (C=O) groups is 1. The number of rotatable bonds is 2. The molecule has 3 rings (SSSR count). The number of anilines is 1. The minimum absolute atomic E-state index is 0.0476. The van der Waals surface area contributed by atoms with Crippen LogP contribution in [-0.2, 0) is 9.53 Å². The van der Waals surface area contributed by atoms with Gasteiger partial charge in [-0.25, -0.2) is 0 Å². The fraction of sp³-hybridized carbons (Fsp3) is 0.600. The van der Waals surface area contributed by atoms with Gasteiger partial charge in [0.15, 0.2) is 0 Å². The van der Waals surface area contributed by atoms with E-state index in [0.717, 1.165) is 19.4 Å². The first-order valence-corrected chi connectivity index (χ1v) is 7.58. The van der Waals surface area contributed by atoms with E-state index in [4.69, 9.17) is 22.1 Å². The molecule has 5 nitrogen and oxygen atoms in total. The van der Waals surface area contributed by atoms with Crippen LogP contribution in [0.3, 0.4) is 0 Å². The molecule has 2 aliphatic rings. The first-order chi connectivity index (χ1) is 9.89. The molecule has 3 unspecified atom stereocenters. The van der Waals surface area contributed by atoms with Crippen LogP contribution in [0, 0.1) is 11.3 Å². The highest BCUT2D eigenvalue weighted by Gasteiger charge is 2.70. The number of pyridine rings is 1. The van der Waals surface area contributed by atoms with Crippen LogP contribution in [0.1, 0.15) is 26.7 Å². The number of ether oxygens (including phenoxy) is 1. The van der Waals surface area contributed by atoms with Crippen molar-refractivity contribution in [3.8, 4) is 0 Å². The lowest BCUT2D eigenvalue weighted by molar-refractivity contribution is -0.222. The average Bonchev–Trinajstić information content (AvgIpc) is 2.48. The molecule has 0 radical (unpaired) electrons. The predicted molar refractivity (Wildman–Crippen MR) is 81.0 cm³/mol. The molecule has 1 aromatic heterocycles. The summed E-state index contributed by atoms with van der Waals surface area (Å²) in [6.45, 7) is 4.73. The summed E-state index contributed by atoms with van der Waals surface area (Å²) in [4.78, 5) is 16.7. The van der Waals surface area contributed by atoms with E-state index in [9.17, 15) is 4.79 Å². The first-order valence-electron chi connectivity index (χ1n) is 7.20. The van der Waals surface area contributed by atoms with E-state index in [1.807, 2.05) is 13.8 Å². The molecule has 1 saturated carbocycles. The second-order valence-corrected chi connectivity index (χ2v) is 6.85. The second kappa shape index (κ2) is 4.93. The highest BCUT2D eigenvalue weighted by Crippen LogP contribution is 2.57. The van der Waals surface area contributed by atoms with Crippen molar-refractivity contribution in [3.63, 3.8) is 0 Å². The normalized spacial score (nSPS) is 33.7. The summed E-state index contributed by atoms with van der Waals surface area (Å²) in [5, 5.41) is 3.28. The van der Waals surface area contributed by atoms with Gasteiger partial charge in [-0.2, -0.15) is 0 Å². The Morgan fingerprint density at radius 3 is 3.05 bits per heavy atom. The molecule has 1 saturated heterocycles. The monoisotopic (exact) mass is 309 g/mol. The maximum Gasteiger partial charge on any atom is 0.245 e. The van der Waals surface area contributed by atoms with E-state index in [0.29, 0.717) is 10.7 Å². The van der Waals surface area contributed by atoms with Crippen LogP contribution in [0.15, 0.2) is 18.5 Å². The summed E-state index contributed by atoms with van der Waals surface area (Å²) >= 11 is 6.07. The Bertz CT molecular complexity index is 578. The number of hydrogen-bond acceptors (Lipinski definition) is 4. The van der Waals surface area contributed by atoms with Gasteiger partial charge in [0, 0.05) is 24.1 Å². The first kappa shape index (κ1) is 14.8. The molecule has 1 aromatic rings. The number of hydrogen-bond donors (Lipinski definition) is 2. The number of aromatic nitrogens is 1. The van der Waals surface area contributed by atoms with Gasteiger partial charge in [0.05, 0.1) is 23.0 Å². The molecule has 3 N–H and O–H groups in total. The van der Waals surface area contributed by atoms with Crippen molar-refractivity contribution in [2.24, 2.45) is 17.1 Å². The lowest BCUT2D eigenvalue weighted by Gasteiger charge is -2.65. The van der Waals surface area contributed by atoms with Gasteiger partial charge in [-0.05, 0) is 18.9 Å².